The van der Waals surface area contributed by atoms with E-state index in [1.165, 1.54) is 33.6 Å². The van der Waals surface area contributed by atoms with Crippen molar-refractivity contribution < 1.29 is 0 Å². The van der Waals surface area contributed by atoms with Crippen LogP contribution in [0.2, 0.25) is 0 Å². The van der Waals surface area contributed by atoms with E-state index in [4.69, 9.17) is 5.41 Å². The molecular weight excluding hydrogens is 364 g/mol. The molecule has 5 rings (SSSR count). The molecular formula is C28H22N2. The Morgan fingerprint density at radius 1 is 0.700 bits per heavy atom. The molecule has 0 saturated carbocycles. The van der Waals surface area contributed by atoms with Crippen molar-refractivity contribution in [2.24, 2.45) is 0 Å². The fourth-order valence-electron chi connectivity index (χ4n) is 4.20. The summed E-state index contributed by atoms with van der Waals surface area (Å²) in [4.78, 5) is 0. The topological polar surface area (TPSA) is 28.8 Å². The van der Waals surface area contributed by atoms with Gasteiger partial charge in [-0.15, -0.1) is 0 Å². The van der Waals surface area contributed by atoms with E-state index in [-0.39, 0.29) is 0 Å². The lowest BCUT2D eigenvalue weighted by atomic mass is 10.0. The van der Waals surface area contributed by atoms with Crippen LogP contribution in [-0.2, 0) is 0 Å². The van der Waals surface area contributed by atoms with Gasteiger partial charge in [0.2, 0.25) is 0 Å². The zero-order valence-corrected chi connectivity index (χ0v) is 16.8. The van der Waals surface area contributed by atoms with Gasteiger partial charge in [-0.1, -0.05) is 78.9 Å². The molecule has 0 saturated heterocycles. The van der Waals surface area contributed by atoms with E-state index in [1.54, 1.807) is 0 Å². The Bertz CT molecular complexity index is 1390. The Hall–Kier alpha value is -3.91. The van der Waals surface area contributed by atoms with Gasteiger partial charge in [-0.3, -0.25) is 0 Å². The summed E-state index contributed by atoms with van der Waals surface area (Å²) in [7, 11) is 0. The summed E-state index contributed by atoms with van der Waals surface area (Å²) in [5.41, 5.74) is 7.88. The molecule has 0 aliphatic rings. The zero-order valence-electron chi connectivity index (χ0n) is 16.8. The molecule has 1 aromatic heterocycles. The highest BCUT2D eigenvalue weighted by molar-refractivity contribution is 6.13. The van der Waals surface area contributed by atoms with Gasteiger partial charge in [-0.05, 0) is 53.5 Å². The van der Waals surface area contributed by atoms with Gasteiger partial charge in [0.1, 0.15) is 0 Å². The summed E-state index contributed by atoms with van der Waals surface area (Å²) in [5, 5.41) is 10.2. The quantitative estimate of drug-likeness (QED) is 0.310. The second kappa shape index (κ2) is 7.49. The van der Waals surface area contributed by atoms with Crippen molar-refractivity contribution in [3.8, 4) is 16.8 Å². The first-order valence-electron chi connectivity index (χ1n) is 10.2. The molecule has 144 valence electrons. The molecule has 0 aliphatic carbocycles. The van der Waals surface area contributed by atoms with Crippen molar-refractivity contribution in [3.05, 3.63) is 109 Å². The first kappa shape index (κ1) is 18.1. The smallest absolute Gasteiger partial charge is 0.0547 e. The fraction of sp³-hybridized carbons (Fsp3) is 0.0357. The van der Waals surface area contributed by atoms with Crippen molar-refractivity contribution in [3.63, 3.8) is 0 Å². The SMILES string of the molecule is C/C=C(\C=N)c1ccc2c3ccc(-c4ccccc4)cc3n(-c3ccccc3)c2c1. The normalized spacial score (nSPS) is 11.8. The van der Waals surface area contributed by atoms with Gasteiger partial charge >= 0.3 is 0 Å². The van der Waals surface area contributed by atoms with E-state index >= 15 is 0 Å². The minimum absolute atomic E-state index is 0.923. The number of allylic oxidation sites excluding steroid dienone is 2. The van der Waals surface area contributed by atoms with Gasteiger partial charge in [0, 0.05) is 22.7 Å². The maximum Gasteiger partial charge on any atom is 0.0547 e. The largest absolute Gasteiger partial charge is 0.309 e. The Kier molecular flexibility index (Phi) is 4.53. The number of hydrogen-bond acceptors (Lipinski definition) is 1. The molecule has 0 unspecified atom stereocenters. The summed E-state index contributed by atoms with van der Waals surface area (Å²) in [5.74, 6) is 0. The van der Waals surface area contributed by atoms with E-state index in [1.807, 2.05) is 25.1 Å². The van der Waals surface area contributed by atoms with E-state index < -0.39 is 0 Å². The summed E-state index contributed by atoms with van der Waals surface area (Å²) < 4.78 is 2.33. The Balaban J connectivity index is 1.87. The molecule has 0 spiro atoms. The third kappa shape index (κ3) is 2.94. The standard InChI is InChI=1S/C28H22N2/c1-2-20(19-29)22-13-15-25-26-16-14-23(21-9-5-3-6-10-21)18-28(26)30(27(25)17-22)24-11-7-4-8-12-24/h2-19,29H,1H3/b20-2+,29-19?. The van der Waals surface area contributed by atoms with Crippen LogP contribution in [0.1, 0.15) is 12.5 Å². The van der Waals surface area contributed by atoms with Crippen LogP contribution in [-0.4, -0.2) is 10.8 Å². The zero-order chi connectivity index (χ0) is 20.5. The van der Waals surface area contributed by atoms with Gasteiger partial charge in [0.05, 0.1) is 11.0 Å². The molecule has 2 heteroatoms. The van der Waals surface area contributed by atoms with Crippen LogP contribution in [0.15, 0.2) is 103 Å². The summed E-state index contributed by atoms with van der Waals surface area (Å²) >= 11 is 0. The highest BCUT2D eigenvalue weighted by Crippen LogP contribution is 2.36. The second-order valence-electron chi connectivity index (χ2n) is 7.39. The number of hydrogen-bond donors (Lipinski definition) is 1. The summed E-state index contributed by atoms with van der Waals surface area (Å²) in [6.07, 6.45) is 3.40. The predicted molar refractivity (Wildman–Crippen MR) is 129 cm³/mol. The minimum atomic E-state index is 0.923. The molecule has 0 bridgehead atoms. The van der Waals surface area contributed by atoms with Crippen LogP contribution < -0.4 is 0 Å². The predicted octanol–water partition coefficient (Wildman–Crippen LogP) is 7.50. The molecule has 5 aromatic rings. The number of fused-ring (bicyclic) bond motifs is 3. The maximum absolute atomic E-state index is 7.75. The van der Waals surface area contributed by atoms with Crippen LogP contribution in [0.3, 0.4) is 0 Å². The van der Waals surface area contributed by atoms with E-state index in [2.05, 4.69) is 89.5 Å². The second-order valence-corrected chi connectivity index (χ2v) is 7.39. The van der Waals surface area contributed by atoms with E-state index in [0.717, 1.165) is 22.3 Å². The third-order valence-electron chi connectivity index (χ3n) is 5.69. The molecule has 30 heavy (non-hydrogen) atoms. The van der Waals surface area contributed by atoms with Crippen LogP contribution in [0.25, 0.3) is 44.2 Å². The average Bonchev–Trinajstić information content (AvgIpc) is 3.14. The lowest BCUT2D eigenvalue weighted by Gasteiger charge is -2.10. The Morgan fingerprint density at radius 2 is 1.33 bits per heavy atom. The first-order valence-corrected chi connectivity index (χ1v) is 10.2. The lowest BCUT2D eigenvalue weighted by Crippen LogP contribution is -1.94. The van der Waals surface area contributed by atoms with Crippen molar-refractivity contribution in [1.29, 1.82) is 5.41 Å². The molecule has 0 atom stereocenters. The highest BCUT2D eigenvalue weighted by atomic mass is 15.0. The Morgan fingerprint density at radius 3 is 2.00 bits per heavy atom. The maximum atomic E-state index is 7.75. The van der Waals surface area contributed by atoms with E-state index in [0.29, 0.717) is 0 Å². The first-order chi connectivity index (χ1) is 14.8. The average molecular weight is 386 g/mol. The number of nitrogens with zero attached hydrogens (tertiary/aromatic N) is 1. The number of benzene rings is 4. The lowest BCUT2D eigenvalue weighted by molar-refractivity contribution is 1.18. The van der Waals surface area contributed by atoms with Crippen LogP contribution in [0, 0.1) is 5.41 Å². The van der Waals surface area contributed by atoms with Crippen molar-refractivity contribution in [1.82, 2.24) is 4.57 Å². The van der Waals surface area contributed by atoms with Gasteiger partial charge in [-0.2, -0.15) is 0 Å². The van der Waals surface area contributed by atoms with Crippen LogP contribution in [0.4, 0.5) is 0 Å². The number of rotatable bonds is 4. The molecule has 4 aromatic carbocycles. The van der Waals surface area contributed by atoms with Crippen LogP contribution >= 0.6 is 0 Å². The Labute approximate surface area is 176 Å². The summed E-state index contributed by atoms with van der Waals surface area (Å²) in [6.45, 7) is 1.98. The molecule has 1 heterocycles. The van der Waals surface area contributed by atoms with Gasteiger partial charge in [-0.25, -0.2) is 0 Å². The van der Waals surface area contributed by atoms with Crippen LogP contribution in [0.5, 0.6) is 0 Å². The third-order valence-corrected chi connectivity index (χ3v) is 5.69. The molecule has 1 N–H and O–H groups in total. The summed E-state index contributed by atoms with van der Waals surface area (Å²) in [6, 6.07) is 34.2. The number of para-hydroxylation sites is 1. The number of aromatic nitrogens is 1. The highest BCUT2D eigenvalue weighted by Gasteiger charge is 2.14. The van der Waals surface area contributed by atoms with Crippen molar-refractivity contribution in [2.75, 3.05) is 0 Å². The number of nitrogens with one attached hydrogen (secondary N) is 1. The van der Waals surface area contributed by atoms with Gasteiger partial charge < -0.3 is 9.98 Å². The molecule has 0 fully saturated rings. The van der Waals surface area contributed by atoms with Crippen molar-refractivity contribution >= 4 is 33.6 Å². The molecule has 0 amide bonds. The van der Waals surface area contributed by atoms with Crippen molar-refractivity contribution in [2.45, 2.75) is 6.92 Å². The van der Waals surface area contributed by atoms with Gasteiger partial charge in [0.25, 0.3) is 0 Å². The molecule has 0 aliphatic heterocycles. The molecule has 0 radical (unpaired) electrons. The van der Waals surface area contributed by atoms with E-state index in [9.17, 15) is 0 Å². The monoisotopic (exact) mass is 386 g/mol. The van der Waals surface area contributed by atoms with Gasteiger partial charge in [0.15, 0.2) is 0 Å². The fourth-order valence-corrected chi connectivity index (χ4v) is 4.20. The minimum Gasteiger partial charge on any atom is -0.309 e. The molecule has 2 nitrogen and oxygen atoms in total.